The Labute approximate surface area is 135 Å². The number of aliphatic imine (C=N–C) groups is 1. The molecule has 0 amide bonds. The molecule has 0 spiro atoms. The van der Waals surface area contributed by atoms with Crippen LogP contribution in [-0.4, -0.2) is 72.8 Å². The van der Waals surface area contributed by atoms with Crippen molar-refractivity contribution in [2.24, 2.45) is 10.9 Å². The van der Waals surface area contributed by atoms with Gasteiger partial charge in [-0.3, -0.25) is 4.99 Å². The van der Waals surface area contributed by atoms with Crippen LogP contribution in [0.4, 0.5) is 0 Å². The zero-order valence-electron chi connectivity index (χ0n) is 14.4. The monoisotopic (exact) mass is 310 g/mol. The first-order valence-corrected chi connectivity index (χ1v) is 9.16. The summed E-state index contributed by atoms with van der Waals surface area (Å²) in [6.45, 7) is 11.8. The molecule has 2 N–H and O–H groups in total. The van der Waals surface area contributed by atoms with Crippen LogP contribution in [0.1, 0.15) is 46.0 Å². The Morgan fingerprint density at radius 3 is 2.36 bits per heavy atom. The van der Waals surface area contributed by atoms with E-state index in [0.717, 1.165) is 50.9 Å². The number of nitrogens with zero attached hydrogens (tertiary/aromatic N) is 3. The molecule has 0 aliphatic carbocycles. The average molecular weight is 310 g/mol. The molecule has 5 nitrogen and oxygen atoms in total. The number of rotatable bonds is 5. The molecule has 128 valence electrons. The van der Waals surface area contributed by atoms with Crippen molar-refractivity contribution in [3.63, 3.8) is 0 Å². The van der Waals surface area contributed by atoms with Crippen molar-refractivity contribution in [3.8, 4) is 0 Å². The van der Waals surface area contributed by atoms with Crippen LogP contribution in [0.2, 0.25) is 0 Å². The second kappa shape index (κ2) is 9.36. The Morgan fingerprint density at radius 2 is 1.77 bits per heavy atom. The number of guanidine groups is 1. The molecule has 0 atom stereocenters. The summed E-state index contributed by atoms with van der Waals surface area (Å²) >= 11 is 0. The summed E-state index contributed by atoms with van der Waals surface area (Å²) in [5.41, 5.74) is 0. The summed E-state index contributed by atoms with van der Waals surface area (Å²) < 4.78 is 0. The standard InChI is InChI=1S/C17H34N4O/c1-3-18-17(21-13-8-16(22)9-14-21)19-10-5-15-6-11-20(4-2)12-7-15/h15-16,22H,3-14H2,1-2H3,(H,18,19). The Morgan fingerprint density at radius 1 is 1.09 bits per heavy atom. The van der Waals surface area contributed by atoms with E-state index in [9.17, 15) is 5.11 Å². The van der Waals surface area contributed by atoms with Gasteiger partial charge in [-0.1, -0.05) is 6.92 Å². The Balaban J connectivity index is 1.75. The van der Waals surface area contributed by atoms with E-state index >= 15 is 0 Å². The second-order valence-corrected chi connectivity index (χ2v) is 6.62. The zero-order valence-corrected chi connectivity index (χ0v) is 14.4. The van der Waals surface area contributed by atoms with Crippen molar-refractivity contribution >= 4 is 5.96 Å². The molecular weight excluding hydrogens is 276 g/mol. The lowest BCUT2D eigenvalue weighted by Gasteiger charge is -2.33. The van der Waals surface area contributed by atoms with Crippen molar-refractivity contribution in [2.45, 2.75) is 52.1 Å². The van der Waals surface area contributed by atoms with E-state index < -0.39 is 0 Å². The van der Waals surface area contributed by atoms with Gasteiger partial charge in [-0.15, -0.1) is 0 Å². The summed E-state index contributed by atoms with van der Waals surface area (Å²) in [6, 6.07) is 0. The van der Waals surface area contributed by atoms with Crippen LogP contribution >= 0.6 is 0 Å². The lowest BCUT2D eigenvalue weighted by molar-refractivity contribution is 0.108. The van der Waals surface area contributed by atoms with Crippen molar-refractivity contribution in [3.05, 3.63) is 0 Å². The Kier molecular flexibility index (Phi) is 7.46. The van der Waals surface area contributed by atoms with E-state index in [2.05, 4.69) is 29.0 Å². The smallest absolute Gasteiger partial charge is 0.193 e. The molecule has 2 saturated heterocycles. The number of piperidine rings is 2. The van der Waals surface area contributed by atoms with Gasteiger partial charge in [0.15, 0.2) is 5.96 Å². The fourth-order valence-electron chi connectivity index (χ4n) is 3.45. The first-order chi connectivity index (χ1) is 10.7. The zero-order chi connectivity index (χ0) is 15.8. The van der Waals surface area contributed by atoms with Crippen LogP contribution in [0.15, 0.2) is 4.99 Å². The van der Waals surface area contributed by atoms with Crippen molar-refractivity contribution in [1.29, 1.82) is 0 Å². The highest BCUT2D eigenvalue weighted by molar-refractivity contribution is 5.80. The van der Waals surface area contributed by atoms with Gasteiger partial charge in [0.2, 0.25) is 0 Å². The summed E-state index contributed by atoms with van der Waals surface area (Å²) in [6.07, 6.45) is 5.47. The third kappa shape index (κ3) is 5.43. The molecule has 2 heterocycles. The predicted molar refractivity (Wildman–Crippen MR) is 92.2 cm³/mol. The van der Waals surface area contributed by atoms with Crippen LogP contribution in [-0.2, 0) is 0 Å². The summed E-state index contributed by atoms with van der Waals surface area (Å²) in [5, 5.41) is 13.0. The third-order valence-electron chi connectivity index (χ3n) is 5.05. The van der Waals surface area contributed by atoms with E-state index in [-0.39, 0.29) is 6.10 Å². The molecule has 5 heteroatoms. The minimum atomic E-state index is -0.122. The SMILES string of the molecule is CCNC(=NCCC1CCN(CC)CC1)N1CCC(O)CC1. The number of nitrogens with one attached hydrogen (secondary N) is 1. The first kappa shape index (κ1) is 17.5. The maximum absolute atomic E-state index is 9.64. The molecular formula is C17H34N4O. The highest BCUT2D eigenvalue weighted by Crippen LogP contribution is 2.20. The molecule has 0 unspecified atom stereocenters. The highest BCUT2D eigenvalue weighted by Gasteiger charge is 2.20. The lowest BCUT2D eigenvalue weighted by atomic mass is 9.94. The fraction of sp³-hybridized carbons (Fsp3) is 0.941. The molecule has 2 aliphatic rings. The quantitative estimate of drug-likeness (QED) is 0.597. The molecule has 2 aliphatic heterocycles. The normalized spacial score (nSPS) is 23.0. The second-order valence-electron chi connectivity index (χ2n) is 6.62. The first-order valence-electron chi connectivity index (χ1n) is 9.16. The molecule has 2 rings (SSSR count). The van der Waals surface area contributed by atoms with Gasteiger partial charge in [0, 0.05) is 26.2 Å². The minimum Gasteiger partial charge on any atom is -0.393 e. The maximum Gasteiger partial charge on any atom is 0.193 e. The predicted octanol–water partition coefficient (Wildman–Crippen LogP) is 1.53. The molecule has 0 aromatic carbocycles. The van der Waals surface area contributed by atoms with Crippen molar-refractivity contribution in [1.82, 2.24) is 15.1 Å². The van der Waals surface area contributed by atoms with E-state index in [4.69, 9.17) is 4.99 Å². The topological polar surface area (TPSA) is 51.1 Å². The van der Waals surface area contributed by atoms with Gasteiger partial charge in [0.25, 0.3) is 0 Å². The summed E-state index contributed by atoms with van der Waals surface area (Å²) in [7, 11) is 0. The van der Waals surface area contributed by atoms with E-state index in [1.54, 1.807) is 0 Å². The van der Waals surface area contributed by atoms with Crippen molar-refractivity contribution < 1.29 is 5.11 Å². The van der Waals surface area contributed by atoms with Gasteiger partial charge in [-0.2, -0.15) is 0 Å². The van der Waals surface area contributed by atoms with Gasteiger partial charge in [0.1, 0.15) is 0 Å². The fourth-order valence-corrected chi connectivity index (χ4v) is 3.45. The van der Waals surface area contributed by atoms with Crippen LogP contribution in [0.25, 0.3) is 0 Å². The molecule has 0 saturated carbocycles. The number of hydrogen-bond acceptors (Lipinski definition) is 3. The Hall–Kier alpha value is -0.810. The highest BCUT2D eigenvalue weighted by atomic mass is 16.3. The van der Waals surface area contributed by atoms with E-state index in [0.29, 0.717) is 0 Å². The van der Waals surface area contributed by atoms with Crippen LogP contribution < -0.4 is 5.32 Å². The maximum atomic E-state index is 9.64. The van der Waals surface area contributed by atoms with E-state index in [1.807, 2.05) is 0 Å². The van der Waals surface area contributed by atoms with Crippen LogP contribution in [0.3, 0.4) is 0 Å². The largest absolute Gasteiger partial charge is 0.393 e. The van der Waals surface area contributed by atoms with Gasteiger partial charge >= 0.3 is 0 Å². The van der Waals surface area contributed by atoms with Crippen LogP contribution in [0.5, 0.6) is 0 Å². The molecule has 0 aromatic heterocycles. The molecule has 2 fully saturated rings. The number of likely N-dealkylation sites (tertiary alicyclic amines) is 2. The Bertz CT molecular complexity index is 332. The van der Waals surface area contributed by atoms with Gasteiger partial charge in [-0.05, 0) is 64.6 Å². The minimum absolute atomic E-state index is 0.122. The molecule has 0 bridgehead atoms. The average Bonchev–Trinajstić information content (AvgIpc) is 2.55. The van der Waals surface area contributed by atoms with Crippen molar-refractivity contribution in [2.75, 3.05) is 45.8 Å². The number of aliphatic hydroxyl groups is 1. The summed E-state index contributed by atoms with van der Waals surface area (Å²) in [4.78, 5) is 9.68. The number of aliphatic hydroxyl groups excluding tert-OH is 1. The third-order valence-corrected chi connectivity index (χ3v) is 5.05. The molecule has 0 radical (unpaired) electrons. The van der Waals surface area contributed by atoms with Crippen LogP contribution in [0, 0.1) is 5.92 Å². The molecule has 0 aromatic rings. The lowest BCUT2D eigenvalue weighted by Crippen LogP contribution is -2.46. The number of hydrogen-bond donors (Lipinski definition) is 2. The van der Waals surface area contributed by atoms with Gasteiger partial charge < -0.3 is 20.2 Å². The van der Waals surface area contributed by atoms with E-state index in [1.165, 1.54) is 38.9 Å². The molecule has 22 heavy (non-hydrogen) atoms. The summed E-state index contributed by atoms with van der Waals surface area (Å²) in [5.74, 6) is 1.89. The van der Waals surface area contributed by atoms with Gasteiger partial charge in [-0.25, -0.2) is 0 Å². The van der Waals surface area contributed by atoms with Gasteiger partial charge in [0.05, 0.1) is 6.10 Å².